The van der Waals surface area contributed by atoms with Gasteiger partial charge < -0.3 is 10.3 Å². The van der Waals surface area contributed by atoms with Gasteiger partial charge in [0.05, 0.1) is 16.8 Å². The molecular weight excluding hydrogens is 354 g/mol. The van der Waals surface area contributed by atoms with E-state index in [9.17, 15) is 4.79 Å². The quantitative estimate of drug-likeness (QED) is 0.548. The van der Waals surface area contributed by atoms with Crippen LogP contribution in [0.5, 0.6) is 0 Å². The summed E-state index contributed by atoms with van der Waals surface area (Å²) in [6, 6.07) is 16.2. The second-order valence-corrected chi connectivity index (χ2v) is 7.69. The van der Waals surface area contributed by atoms with E-state index in [0.29, 0.717) is 5.56 Å². The molecule has 3 aromatic heterocycles. The van der Waals surface area contributed by atoms with Crippen LogP contribution in [-0.2, 0) is 13.0 Å². The Balaban J connectivity index is 1.83. The molecule has 0 spiro atoms. The van der Waals surface area contributed by atoms with Gasteiger partial charge >= 0.3 is 0 Å². The second-order valence-electron chi connectivity index (χ2n) is 6.66. The largest absolute Gasteiger partial charge is 0.366 e. The van der Waals surface area contributed by atoms with Crippen LogP contribution in [0.3, 0.4) is 0 Å². The van der Waals surface area contributed by atoms with E-state index < -0.39 is 5.91 Å². The van der Waals surface area contributed by atoms with Gasteiger partial charge in [0.1, 0.15) is 0 Å². The first-order valence-electron chi connectivity index (χ1n) is 8.94. The average Bonchev–Trinajstić information content (AvgIpc) is 3.26. The van der Waals surface area contributed by atoms with Gasteiger partial charge in [-0.05, 0) is 43.8 Å². The summed E-state index contributed by atoms with van der Waals surface area (Å²) in [7, 11) is 0. The Hall–Kier alpha value is -2.92. The summed E-state index contributed by atoms with van der Waals surface area (Å²) in [6.45, 7) is 4.82. The Bertz CT molecular complexity index is 1130. The van der Waals surface area contributed by atoms with Crippen LogP contribution >= 0.6 is 11.3 Å². The zero-order valence-electron chi connectivity index (χ0n) is 15.4. The third kappa shape index (κ3) is 3.15. The fraction of sp³-hybridized carbons (Fsp3) is 0.182. The highest BCUT2D eigenvalue weighted by atomic mass is 32.1. The summed E-state index contributed by atoms with van der Waals surface area (Å²) in [4.78, 5) is 18.4. The molecule has 0 bridgehead atoms. The van der Waals surface area contributed by atoms with E-state index in [2.05, 4.69) is 22.1 Å². The van der Waals surface area contributed by atoms with E-state index in [0.717, 1.165) is 46.5 Å². The van der Waals surface area contributed by atoms with E-state index in [1.165, 1.54) is 4.88 Å². The molecule has 0 aliphatic heterocycles. The van der Waals surface area contributed by atoms with Crippen LogP contribution in [0.1, 0.15) is 26.6 Å². The lowest BCUT2D eigenvalue weighted by Gasteiger charge is -2.09. The van der Waals surface area contributed by atoms with Crippen molar-refractivity contribution >= 4 is 28.1 Å². The van der Waals surface area contributed by atoms with Crippen molar-refractivity contribution in [1.82, 2.24) is 9.55 Å². The van der Waals surface area contributed by atoms with Crippen LogP contribution in [0.15, 0.2) is 53.9 Å². The molecular formula is C22H21N3OS. The minimum atomic E-state index is -0.407. The molecule has 0 aliphatic rings. The van der Waals surface area contributed by atoms with E-state index in [-0.39, 0.29) is 0 Å². The van der Waals surface area contributed by atoms with Crippen LogP contribution in [0.2, 0.25) is 0 Å². The molecule has 0 atom stereocenters. The summed E-state index contributed by atoms with van der Waals surface area (Å²) >= 11 is 1.75. The summed E-state index contributed by atoms with van der Waals surface area (Å²) in [5, 5.41) is 3.16. The monoisotopic (exact) mass is 375 g/mol. The standard InChI is InChI=1S/C22H21N3OS/c1-14-20(19-10-9-16-6-3-4-8-18(16)24-19)21(22(23)26)15(2)25(14)12-11-17-7-5-13-27-17/h3-10,13H,11-12H2,1-2H3,(H2,23,26). The molecule has 136 valence electrons. The first kappa shape index (κ1) is 17.5. The summed E-state index contributed by atoms with van der Waals surface area (Å²) < 4.78 is 2.19. The molecule has 4 rings (SSSR count). The number of carbonyl (C=O) groups excluding carboxylic acids is 1. The van der Waals surface area contributed by atoms with Crippen LogP contribution in [0.25, 0.3) is 22.2 Å². The van der Waals surface area contributed by atoms with Crippen molar-refractivity contribution in [3.63, 3.8) is 0 Å². The van der Waals surface area contributed by atoms with Crippen molar-refractivity contribution in [2.24, 2.45) is 5.73 Å². The Morgan fingerprint density at radius 3 is 2.63 bits per heavy atom. The third-order valence-electron chi connectivity index (χ3n) is 5.05. The number of carbonyl (C=O) groups is 1. The number of para-hydroxylation sites is 1. The van der Waals surface area contributed by atoms with Gasteiger partial charge in [-0.1, -0.05) is 30.3 Å². The zero-order chi connectivity index (χ0) is 19.0. The number of benzene rings is 1. The molecule has 0 unspecified atom stereocenters. The van der Waals surface area contributed by atoms with Crippen LogP contribution in [0.4, 0.5) is 0 Å². The molecule has 4 nitrogen and oxygen atoms in total. The van der Waals surface area contributed by atoms with E-state index >= 15 is 0 Å². The molecule has 0 saturated heterocycles. The van der Waals surface area contributed by atoms with Crippen molar-refractivity contribution in [3.05, 3.63) is 75.7 Å². The van der Waals surface area contributed by atoms with Crippen molar-refractivity contribution in [3.8, 4) is 11.3 Å². The number of fused-ring (bicyclic) bond motifs is 1. The van der Waals surface area contributed by atoms with Gasteiger partial charge in [-0.15, -0.1) is 11.3 Å². The third-order valence-corrected chi connectivity index (χ3v) is 5.98. The fourth-order valence-electron chi connectivity index (χ4n) is 3.72. The minimum Gasteiger partial charge on any atom is -0.366 e. The molecule has 0 radical (unpaired) electrons. The Kier molecular flexibility index (Phi) is 4.54. The summed E-state index contributed by atoms with van der Waals surface area (Å²) in [5.41, 5.74) is 10.8. The molecule has 27 heavy (non-hydrogen) atoms. The molecule has 0 fully saturated rings. The molecule has 0 saturated carbocycles. The smallest absolute Gasteiger partial charge is 0.251 e. The molecule has 0 aliphatic carbocycles. The first-order chi connectivity index (χ1) is 13.1. The van der Waals surface area contributed by atoms with E-state index in [4.69, 9.17) is 10.7 Å². The maximum absolute atomic E-state index is 12.3. The molecule has 5 heteroatoms. The molecule has 4 aromatic rings. The van der Waals surface area contributed by atoms with Gasteiger partial charge in [0.2, 0.25) is 0 Å². The Morgan fingerprint density at radius 1 is 1.07 bits per heavy atom. The highest BCUT2D eigenvalue weighted by Crippen LogP contribution is 2.32. The maximum Gasteiger partial charge on any atom is 0.251 e. The fourth-order valence-corrected chi connectivity index (χ4v) is 4.41. The summed E-state index contributed by atoms with van der Waals surface area (Å²) in [6.07, 6.45) is 0.927. The first-order valence-corrected chi connectivity index (χ1v) is 9.82. The van der Waals surface area contributed by atoms with Gasteiger partial charge in [0.25, 0.3) is 5.91 Å². The second kappa shape index (κ2) is 7.00. The number of amides is 1. The number of hydrogen-bond acceptors (Lipinski definition) is 3. The van der Waals surface area contributed by atoms with Gasteiger partial charge in [-0.3, -0.25) is 4.79 Å². The van der Waals surface area contributed by atoms with E-state index in [1.807, 2.05) is 50.2 Å². The van der Waals surface area contributed by atoms with Crippen molar-refractivity contribution < 1.29 is 4.79 Å². The number of aromatic nitrogens is 2. The number of aryl methyl sites for hydroxylation is 1. The van der Waals surface area contributed by atoms with Gasteiger partial charge in [0.15, 0.2) is 0 Å². The zero-order valence-corrected chi connectivity index (χ0v) is 16.2. The molecule has 1 amide bonds. The summed E-state index contributed by atoms with van der Waals surface area (Å²) in [5.74, 6) is -0.407. The minimum absolute atomic E-state index is 0.407. The number of nitrogens with zero attached hydrogens (tertiary/aromatic N) is 2. The Morgan fingerprint density at radius 2 is 1.89 bits per heavy atom. The lowest BCUT2D eigenvalue weighted by Crippen LogP contribution is -2.14. The van der Waals surface area contributed by atoms with Crippen LogP contribution < -0.4 is 5.73 Å². The van der Waals surface area contributed by atoms with Gasteiger partial charge in [0, 0.05) is 33.8 Å². The number of pyridine rings is 1. The highest BCUT2D eigenvalue weighted by molar-refractivity contribution is 7.09. The number of nitrogens with two attached hydrogens (primary N) is 1. The molecule has 3 heterocycles. The van der Waals surface area contributed by atoms with Gasteiger partial charge in [-0.25, -0.2) is 4.98 Å². The number of rotatable bonds is 5. The van der Waals surface area contributed by atoms with Crippen molar-refractivity contribution in [2.45, 2.75) is 26.8 Å². The van der Waals surface area contributed by atoms with Crippen molar-refractivity contribution in [1.29, 1.82) is 0 Å². The average molecular weight is 375 g/mol. The predicted octanol–water partition coefficient (Wildman–Crippen LogP) is 4.72. The predicted molar refractivity (Wildman–Crippen MR) is 111 cm³/mol. The number of hydrogen-bond donors (Lipinski definition) is 1. The van der Waals surface area contributed by atoms with Crippen LogP contribution in [-0.4, -0.2) is 15.5 Å². The lowest BCUT2D eigenvalue weighted by atomic mass is 10.0. The maximum atomic E-state index is 12.3. The Labute approximate surface area is 162 Å². The highest BCUT2D eigenvalue weighted by Gasteiger charge is 2.23. The van der Waals surface area contributed by atoms with Crippen molar-refractivity contribution in [2.75, 3.05) is 0 Å². The SMILES string of the molecule is Cc1c(C(N)=O)c(-c2ccc3ccccc3n2)c(C)n1CCc1cccs1. The van der Waals surface area contributed by atoms with E-state index in [1.54, 1.807) is 11.3 Å². The number of thiophene rings is 1. The topological polar surface area (TPSA) is 60.9 Å². The molecule has 1 aromatic carbocycles. The lowest BCUT2D eigenvalue weighted by molar-refractivity contribution is 0.1000. The number of primary amides is 1. The van der Waals surface area contributed by atoms with Crippen LogP contribution in [0, 0.1) is 13.8 Å². The normalized spacial score (nSPS) is 11.2. The molecule has 2 N–H and O–H groups in total. The van der Waals surface area contributed by atoms with Gasteiger partial charge in [-0.2, -0.15) is 0 Å².